The highest BCUT2D eigenvalue weighted by molar-refractivity contribution is 9.09. The van der Waals surface area contributed by atoms with Crippen LogP contribution in [-0.4, -0.2) is 24.3 Å². The molecule has 3 nitrogen and oxygen atoms in total. The number of unbranched alkanes of at least 4 members (excludes halogenated alkanes) is 8. The molecule has 0 saturated heterocycles. The summed E-state index contributed by atoms with van der Waals surface area (Å²) in [6.07, 6.45) is 18.5. The number of benzene rings is 1. The lowest BCUT2D eigenvalue weighted by Crippen LogP contribution is -2.25. The van der Waals surface area contributed by atoms with Gasteiger partial charge in [-0.05, 0) is 44.2 Å². The van der Waals surface area contributed by atoms with Gasteiger partial charge in [-0.2, -0.15) is 0 Å². The number of hydrogen-bond acceptors (Lipinski definition) is 2. The molecule has 1 aromatic carbocycles. The summed E-state index contributed by atoms with van der Waals surface area (Å²) in [6.45, 7) is 3.85. The van der Waals surface area contributed by atoms with Gasteiger partial charge in [0.05, 0.1) is 5.56 Å². The fourth-order valence-corrected chi connectivity index (χ4v) is 3.38. The Morgan fingerprint density at radius 2 is 1.57 bits per heavy atom. The van der Waals surface area contributed by atoms with Crippen molar-refractivity contribution >= 4 is 27.5 Å². The Kier molecular flexibility index (Phi) is 15.7. The molecule has 0 aliphatic carbocycles. The van der Waals surface area contributed by atoms with Crippen LogP contribution in [0.5, 0.6) is 0 Å². The molecule has 1 aromatic rings. The summed E-state index contributed by atoms with van der Waals surface area (Å²) in [7, 11) is 0. The summed E-state index contributed by atoms with van der Waals surface area (Å²) < 4.78 is 0. The molecule has 0 bridgehead atoms. The number of rotatable bonds is 17. The van der Waals surface area contributed by atoms with Crippen molar-refractivity contribution in [1.29, 1.82) is 0 Å². The Morgan fingerprint density at radius 1 is 0.893 bits per heavy atom. The first-order chi connectivity index (χ1) is 13.8. The van der Waals surface area contributed by atoms with Crippen LogP contribution in [0.25, 0.3) is 0 Å². The number of anilines is 1. The van der Waals surface area contributed by atoms with Gasteiger partial charge in [0.15, 0.2) is 0 Å². The van der Waals surface area contributed by atoms with Crippen molar-refractivity contribution < 1.29 is 4.79 Å². The maximum atomic E-state index is 12.3. The number of allylic oxidation sites excluding steroid dienone is 2. The van der Waals surface area contributed by atoms with Crippen LogP contribution in [0, 0.1) is 0 Å². The van der Waals surface area contributed by atoms with E-state index in [1.807, 2.05) is 24.3 Å². The minimum Gasteiger partial charge on any atom is -0.384 e. The molecule has 1 amide bonds. The van der Waals surface area contributed by atoms with E-state index in [9.17, 15) is 4.79 Å². The van der Waals surface area contributed by atoms with Crippen molar-refractivity contribution in [3.05, 3.63) is 42.0 Å². The number of carbonyl (C=O) groups is 1. The van der Waals surface area contributed by atoms with Crippen LogP contribution in [0.1, 0.15) is 87.9 Å². The van der Waals surface area contributed by atoms with Gasteiger partial charge >= 0.3 is 0 Å². The van der Waals surface area contributed by atoms with Crippen LogP contribution in [0.15, 0.2) is 36.4 Å². The first kappa shape index (κ1) is 24.7. The van der Waals surface area contributed by atoms with Crippen LogP contribution in [0.3, 0.4) is 0 Å². The first-order valence-corrected chi connectivity index (χ1v) is 12.2. The Balaban J connectivity index is 2.13. The van der Waals surface area contributed by atoms with E-state index in [1.165, 1.54) is 51.4 Å². The number of nitrogens with one attached hydrogen (secondary N) is 2. The number of carbonyl (C=O) groups excluding carboxylic acids is 1. The molecule has 0 unspecified atom stereocenters. The standard InChI is InChI=1S/C24H39BrN2O/c1-2-3-4-5-6-7-8-9-10-11-12-15-20-26-23-18-14-13-17-22(23)24(28)27-21-16-19-25/h10-11,13-14,17-18,26H,2-9,12,15-16,19-21H2,1H3,(H,27,28). The van der Waals surface area contributed by atoms with Gasteiger partial charge in [0.2, 0.25) is 0 Å². The monoisotopic (exact) mass is 450 g/mol. The van der Waals surface area contributed by atoms with Crippen molar-refractivity contribution in [2.75, 3.05) is 23.7 Å². The largest absolute Gasteiger partial charge is 0.384 e. The van der Waals surface area contributed by atoms with E-state index in [2.05, 4.69) is 45.6 Å². The molecule has 1 rings (SSSR count). The minimum absolute atomic E-state index is 0.00126. The molecule has 0 aliphatic heterocycles. The van der Waals surface area contributed by atoms with Gasteiger partial charge < -0.3 is 10.6 Å². The van der Waals surface area contributed by atoms with Crippen LogP contribution < -0.4 is 10.6 Å². The SMILES string of the molecule is CCCCCCCCCC=CCCCNc1ccccc1C(=O)NCCCBr. The molecule has 0 fully saturated rings. The fraction of sp³-hybridized carbons (Fsp3) is 0.625. The summed E-state index contributed by atoms with van der Waals surface area (Å²) in [5, 5.41) is 7.29. The second-order valence-electron chi connectivity index (χ2n) is 7.29. The fourth-order valence-electron chi connectivity index (χ4n) is 3.10. The molecule has 0 aliphatic rings. The predicted molar refractivity (Wildman–Crippen MR) is 127 cm³/mol. The third-order valence-electron chi connectivity index (χ3n) is 4.77. The van der Waals surface area contributed by atoms with E-state index < -0.39 is 0 Å². The number of halogens is 1. The van der Waals surface area contributed by atoms with Gasteiger partial charge in [0.25, 0.3) is 5.91 Å². The molecule has 2 N–H and O–H groups in total. The Hall–Kier alpha value is -1.29. The Labute approximate surface area is 180 Å². The van der Waals surface area contributed by atoms with Gasteiger partial charge in [-0.15, -0.1) is 0 Å². The van der Waals surface area contributed by atoms with Crippen molar-refractivity contribution in [1.82, 2.24) is 5.32 Å². The highest BCUT2D eigenvalue weighted by Crippen LogP contribution is 2.15. The molecule has 0 heterocycles. The number of amides is 1. The molecule has 0 spiro atoms. The molecule has 0 atom stereocenters. The average Bonchev–Trinajstić information content (AvgIpc) is 2.72. The molecule has 0 aromatic heterocycles. The van der Waals surface area contributed by atoms with Crippen molar-refractivity contribution in [3.8, 4) is 0 Å². The summed E-state index contributed by atoms with van der Waals surface area (Å²) in [6, 6.07) is 7.75. The summed E-state index contributed by atoms with van der Waals surface area (Å²) in [5.41, 5.74) is 1.65. The highest BCUT2D eigenvalue weighted by Gasteiger charge is 2.09. The maximum Gasteiger partial charge on any atom is 0.253 e. The maximum absolute atomic E-state index is 12.3. The van der Waals surface area contributed by atoms with E-state index in [4.69, 9.17) is 0 Å². The van der Waals surface area contributed by atoms with E-state index in [0.29, 0.717) is 6.54 Å². The van der Waals surface area contributed by atoms with Crippen molar-refractivity contribution in [3.63, 3.8) is 0 Å². The summed E-state index contributed by atoms with van der Waals surface area (Å²) in [4.78, 5) is 12.3. The van der Waals surface area contributed by atoms with E-state index in [0.717, 1.165) is 42.4 Å². The third kappa shape index (κ3) is 12.2. The molecular formula is C24H39BrN2O. The Morgan fingerprint density at radius 3 is 2.32 bits per heavy atom. The second kappa shape index (κ2) is 17.8. The molecule has 0 radical (unpaired) electrons. The van der Waals surface area contributed by atoms with Gasteiger partial charge in [-0.25, -0.2) is 0 Å². The quantitative estimate of drug-likeness (QED) is 0.151. The minimum atomic E-state index is -0.00126. The zero-order chi connectivity index (χ0) is 20.3. The van der Waals surface area contributed by atoms with Gasteiger partial charge in [-0.3, -0.25) is 4.79 Å². The topological polar surface area (TPSA) is 41.1 Å². The normalized spacial score (nSPS) is 11.1. The first-order valence-electron chi connectivity index (χ1n) is 11.1. The average molecular weight is 451 g/mol. The Bertz CT molecular complexity index is 545. The van der Waals surface area contributed by atoms with Crippen LogP contribution in [-0.2, 0) is 0 Å². The molecule has 0 saturated carbocycles. The second-order valence-corrected chi connectivity index (χ2v) is 8.09. The molecule has 158 valence electrons. The smallest absolute Gasteiger partial charge is 0.253 e. The van der Waals surface area contributed by atoms with E-state index >= 15 is 0 Å². The van der Waals surface area contributed by atoms with Gasteiger partial charge in [0.1, 0.15) is 0 Å². The zero-order valence-electron chi connectivity index (χ0n) is 17.6. The third-order valence-corrected chi connectivity index (χ3v) is 5.33. The van der Waals surface area contributed by atoms with Crippen molar-refractivity contribution in [2.24, 2.45) is 0 Å². The van der Waals surface area contributed by atoms with Crippen LogP contribution >= 0.6 is 15.9 Å². The van der Waals surface area contributed by atoms with E-state index in [1.54, 1.807) is 0 Å². The zero-order valence-corrected chi connectivity index (χ0v) is 19.2. The lowest BCUT2D eigenvalue weighted by atomic mass is 10.1. The van der Waals surface area contributed by atoms with Crippen LogP contribution in [0.2, 0.25) is 0 Å². The summed E-state index contributed by atoms with van der Waals surface area (Å²) in [5.74, 6) is -0.00126. The molecule has 4 heteroatoms. The predicted octanol–water partition coefficient (Wildman–Crippen LogP) is 7.09. The highest BCUT2D eigenvalue weighted by atomic mass is 79.9. The van der Waals surface area contributed by atoms with Gasteiger partial charge in [0, 0.05) is 24.1 Å². The van der Waals surface area contributed by atoms with Crippen LogP contribution in [0.4, 0.5) is 5.69 Å². The van der Waals surface area contributed by atoms with Gasteiger partial charge in [-0.1, -0.05) is 85.7 Å². The lowest BCUT2D eigenvalue weighted by Gasteiger charge is -2.11. The van der Waals surface area contributed by atoms with E-state index in [-0.39, 0.29) is 5.91 Å². The van der Waals surface area contributed by atoms with Crippen molar-refractivity contribution in [2.45, 2.75) is 77.6 Å². The lowest BCUT2D eigenvalue weighted by molar-refractivity contribution is 0.0954. The molecular weight excluding hydrogens is 412 g/mol. The summed E-state index contributed by atoms with van der Waals surface area (Å²) >= 11 is 3.38. The number of para-hydroxylation sites is 1. The number of hydrogen-bond donors (Lipinski definition) is 2. The molecule has 28 heavy (non-hydrogen) atoms. The number of alkyl halides is 1.